The molecule has 3 rings (SSSR count). The fraction of sp³-hybridized carbons (Fsp3) is 0.368. The maximum Gasteiger partial charge on any atom is 0.252 e. The van der Waals surface area contributed by atoms with Crippen molar-refractivity contribution in [2.75, 3.05) is 10.6 Å². The minimum atomic E-state index is -0.743. The van der Waals surface area contributed by atoms with Gasteiger partial charge in [0.1, 0.15) is 5.82 Å². The molecule has 2 aromatic rings. The zero-order valence-corrected chi connectivity index (χ0v) is 14.8. The van der Waals surface area contributed by atoms with Crippen molar-refractivity contribution in [1.29, 1.82) is 0 Å². The van der Waals surface area contributed by atoms with E-state index >= 15 is 0 Å². The normalized spacial score (nSPS) is 19.8. The van der Waals surface area contributed by atoms with Gasteiger partial charge in [-0.2, -0.15) is 0 Å². The molecule has 0 radical (unpaired) electrons. The molecule has 1 aliphatic carbocycles. The molecule has 0 spiro atoms. The number of carbonyl (C=O) groups excluding carboxylic acids is 1. The van der Waals surface area contributed by atoms with Crippen molar-refractivity contribution in [1.82, 2.24) is 4.98 Å². The number of halogens is 1. The van der Waals surface area contributed by atoms with E-state index in [0.717, 1.165) is 43.0 Å². The average Bonchev–Trinajstić information content (AvgIpc) is 2.59. The monoisotopic (exact) mass is 357 g/mol. The number of carbonyl (C=O) groups is 1. The van der Waals surface area contributed by atoms with Gasteiger partial charge in [0.25, 0.3) is 5.91 Å². The summed E-state index contributed by atoms with van der Waals surface area (Å²) in [5.74, 6) is -1.07. The first-order valence-electron chi connectivity index (χ1n) is 8.80. The average molecular weight is 357 g/mol. The number of nitrogens with two attached hydrogens (primary N) is 2. The van der Waals surface area contributed by atoms with Crippen LogP contribution < -0.4 is 22.1 Å². The smallest absolute Gasteiger partial charge is 0.252 e. The predicted octanol–water partition coefficient (Wildman–Crippen LogP) is 3.05. The molecular formula is C19H24FN5O. The topological polar surface area (TPSA) is 106 Å². The number of anilines is 3. The zero-order chi connectivity index (χ0) is 18.7. The van der Waals surface area contributed by atoms with E-state index in [4.69, 9.17) is 11.5 Å². The molecule has 1 aliphatic rings. The number of rotatable bonds is 5. The van der Waals surface area contributed by atoms with Gasteiger partial charge in [-0.1, -0.05) is 25.0 Å². The zero-order valence-electron chi connectivity index (χ0n) is 14.8. The number of primary amides is 1. The SMILES string of the molecule is Cc1cccc(Nc2nc(NC3CCCC[C@@H]3N)c(F)cc2C(N)=O)c1. The third-order valence-corrected chi connectivity index (χ3v) is 4.66. The number of amides is 1. The van der Waals surface area contributed by atoms with Crippen molar-refractivity contribution in [2.24, 2.45) is 11.5 Å². The molecule has 1 aromatic heterocycles. The molecule has 26 heavy (non-hydrogen) atoms. The summed E-state index contributed by atoms with van der Waals surface area (Å²) >= 11 is 0. The molecule has 0 aliphatic heterocycles. The van der Waals surface area contributed by atoms with Crippen molar-refractivity contribution in [2.45, 2.75) is 44.7 Å². The summed E-state index contributed by atoms with van der Waals surface area (Å²) in [7, 11) is 0. The van der Waals surface area contributed by atoms with Crippen molar-refractivity contribution in [3.8, 4) is 0 Å². The van der Waals surface area contributed by atoms with Gasteiger partial charge in [0.05, 0.1) is 5.56 Å². The minimum absolute atomic E-state index is 0.00231. The number of pyridine rings is 1. The Morgan fingerprint density at radius 2 is 2.00 bits per heavy atom. The van der Waals surface area contributed by atoms with Crippen LogP contribution in [0, 0.1) is 12.7 Å². The Balaban J connectivity index is 1.92. The van der Waals surface area contributed by atoms with Gasteiger partial charge >= 0.3 is 0 Å². The number of nitrogens with one attached hydrogen (secondary N) is 2. The highest BCUT2D eigenvalue weighted by molar-refractivity contribution is 5.98. The molecule has 0 bridgehead atoms. The fourth-order valence-corrected chi connectivity index (χ4v) is 3.25. The van der Waals surface area contributed by atoms with Gasteiger partial charge in [-0.25, -0.2) is 9.37 Å². The van der Waals surface area contributed by atoms with Crippen molar-refractivity contribution in [3.05, 3.63) is 47.3 Å². The lowest BCUT2D eigenvalue weighted by molar-refractivity contribution is 0.100. The molecule has 1 heterocycles. The lowest BCUT2D eigenvalue weighted by Crippen LogP contribution is -2.43. The highest BCUT2D eigenvalue weighted by Crippen LogP contribution is 2.26. The number of aromatic nitrogens is 1. The van der Waals surface area contributed by atoms with Crippen molar-refractivity contribution in [3.63, 3.8) is 0 Å². The van der Waals surface area contributed by atoms with Gasteiger partial charge in [-0.15, -0.1) is 0 Å². The van der Waals surface area contributed by atoms with Crippen LogP contribution in [0.2, 0.25) is 0 Å². The van der Waals surface area contributed by atoms with Gasteiger partial charge in [0, 0.05) is 17.8 Å². The van der Waals surface area contributed by atoms with Crippen LogP contribution >= 0.6 is 0 Å². The Bertz CT molecular complexity index is 811. The molecule has 6 nitrogen and oxygen atoms in total. The van der Waals surface area contributed by atoms with E-state index in [0.29, 0.717) is 0 Å². The summed E-state index contributed by atoms with van der Waals surface area (Å²) in [5.41, 5.74) is 13.3. The second-order valence-electron chi connectivity index (χ2n) is 6.77. The van der Waals surface area contributed by atoms with Crippen LogP contribution in [0.15, 0.2) is 30.3 Å². The van der Waals surface area contributed by atoms with E-state index in [1.54, 1.807) is 0 Å². The lowest BCUT2D eigenvalue weighted by atomic mass is 9.91. The van der Waals surface area contributed by atoms with Crippen LogP contribution in [-0.2, 0) is 0 Å². The molecule has 1 unspecified atom stereocenters. The van der Waals surface area contributed by atoms with Crippen LogP contribution in [0.25, 0.3) is 0 Å². The lowest BCUT2D eigenvalue weighted by Gasteiger charge is -2.30. The summed E-state index contributed by atoms with van der Waals surface area (Å²) in [6, 6.07) is 8.60. The number of hydrogen-bond acceptors (Lipinski definition) is 5. The number of nitrogens with zero attached hydrogens (tertiary/aromatic N) is 1. The first kappa shape index (κ1) is 18.1. The minimum Gasteiger partial charge on any atom is -0.365 e. The third-order valence-electron chi connectivity index (χ3n) is 4.66. The van der Waals surface area contributed by atoms with E-state index in [1.807, 2.05) is 31.2 Å². The van der Waals surface area contributed by atoms with Crippen LogP contribution in [-0.4, -0.2) is 23.0 Å². The van der Waals surface area contributed by atoms with Gasteiger partial charge in [-0.05, 0) is 43.5 Å². The summed E-state index contributed by atoms with van der Waals surface area (Å²) in [5, 5.41) is 6.16. The van der Waals surface area contributed by atoms with E-state index in [-0.39, 0.29) is 29.3 Å². The standard InChI is InChI=1S/C19H24FN5O/c1-11-5-4-6-12(9-11)23-18-13(17(22)26)10-14(20)19(25-18)24-16-8-3-2-7-15(16)21/h4-6,9-10,15-16H,2-3,7-8,21H2,1H3,(H2,22,26)(H2,23,24,25)/t15-,16?/m0/s1. The van der Waals surface area contributed by atoms with Crippen LogP contribution in [0.5, 0.6) is 0 Å². The number of hydrogen-bond donors (Lipinski definition) is 4. The highest BCUT2D eigenvalue weighted by atomic mass is 19.1. The Labute approximate surface area is 152 Å². The first-order valence-corrected chi connectivity index (χ1v) is 8.80. The van der Waals surface area contributed by atoms with Crippen LogP contribution in [0.4, 0.5) is 21.7 Å². The van der Waals surface area contributed by atoms with E-state index in [2.05, 4.69) is 15.6 Å². The Hall–Kier alpha value is -2.67. The molecule has 1 aromatic carbocycles. The van der Waals surface area contributed by atoms with E-state index in [9.17, 15) is 9.18 Å². The maximum atomic E-state index is 14.5. The summed E-state index contributed by atoms with van der Waals surface area (Å²) < 4.78 is 14.5. The van der Waals surface area contributed by atoms with Crippen LogP contribution in [0.1, 0.15) is 41.6 Å². The van der Waals surface area contributed by atoms with Gasteiger partial charge in [0.15, 0.2) is 11.6 Å². The molecule has 1 saturated carbocycles. The molecule has 2 atom stereocenters. The van der Waals surface area contributed by atoms with Gasteiger partial charge in [0.2, 0.25) is 0 Å². The number of benzene rings is 1. The molecule has 1 fully saturated rings. The van der Waals surface area contributed by atoms with Crippen LogP contribution in [0.3, 0.4) is 0 Å². The van der Waals surface area contributed by atoms with Crippen molar-refractivity contribution >= 4 is 23.2 Å². The quantitative estimate of drug-likeness (QED) is 0.658. The molecular weight excluding hydrogens is 333 g/mol. The molecule has 6 N–H and O–H groups in total. The second-order valence-corrected chi connectivity index (χ2v) is 6.77. The third kappa shape index (κ3) is 4.11. The Morgan fingerprint density at radius 1 is 1.23 bits per heavy atom. The van der Waals surface area contributed by atoms with Crippen molar-refractivity contribution < 1.29 is 9.18 Å². The molecule has 138 valence electrons. The maximum absolute atomic E-state index is 14.5. The first-order chi connectivity index (χ1) is 12.4. The summed E-state index contributed by atoms with van der Waals surface area (Å²) in [6.07, 6.45) is 3.88. The number of aryl methyl sites for hydroxylation is 1. The highest BCUT2D eigenvalue weighted by Gasteiger charge is 2.24. The fourth-order valence-electron chi connectivity index (χ4n) is 3.25. The van der Waals surface area contributed by atoms with E-state index in [1.165, 1.54) is 0 Å². The summed E-state index contributed by atoms with van der Waals surface area (Å²) in [4.78, 5) is 16.0. The molecule has 1 amide bonds. The Kier molecular flexibility index (Phi) is 5.37. The largest absolute Gasteiger partial charge is 0.365 e. The van der Waals surface area contributed by atoms with E-state index < -0.39 is 11.7 Å². The Morgan fingerprint density at radius 3 is 2.69 bits per heavy atom. The molecule has 7 heteroatoms. The summed E-state index contributed by atoms with van der Waals surface area (Å²) in [6.45, 7) is 1.95. The van der Waals surface area contributed by atoms with Gasteiger partial charge in [-0.3, -0.25) is 4.79 Å². The van der Waals surface area contributed by atoms with Gasteiger partial charge < -0.3 is 22.1 Å². The molecule has 0 saturated heterocycles. The second kappa shape index (κ2) is 7.70. The predicted molar refractivity (Wildman–Crippen MR) is 101 cm³/mol.